The Kier molecular flexibility index (Phi) is 6.76. The smallest absolute Gasteiger partial charge is 0.326 e. The van der Waals surface area contributed by atoms with Gasteiger partial charge in [-0.3, -0.25) is 9.59 Å². The largest absolute Gasteiger partial charge is 0.481 e. The highest BCUT2D eigenvalue weighted by atomic mass is 16.4. The lowest BCUT2D eigenvalue weighted by Gasteiger charge is -2.14. The average molecular weight is 422 g/mol. The zero-order valence-corrected chi connectivity index (χ0v) is 16.8. The average Bonchev–Trinajstić information content (AvgIpc) is 2.75. The number of rotatable bonds is 9. The molecule has 0 aliphatic carbocycles. The Morgan fingerprint density at radius 1 is 1.03 bits per heavy atom. The quantitative estimate of drug-likeness (QED) is 0.412. The van der Waals surface area contributed by atoms with Gasteiger partial charge in [-0.2, -0.15) is 0 Å². The summed E-state index contributed by atoms with van der Waals surface area (Å²) in [5.41, 5.74) is 3.37. The second-order valence-electron chi connectivity index (χ2n) is 7.03. The zero-order chi connectivity index (χ0) is 22.4. The first-order valence-corrected chi connectivity index (χ1v) is 9.65. The summed E-state index contributed by atoms with van der Waals surface area (Å²) in [6.07, 6.45) is -0.571. The van der Waals surface area contributed by atoms with Crippen molar-refractivity contribution < 1.29 is 24.6 Å². The van der Waals surface area contributed by atoms with Crippen LogP contribution in [-0.4, -0.2) is 50.6 Å². The van der Waals surface area contributed by atoms with E-state index < -0.39 is 23.9 Å². The monoisotopic (exact) mass is 422 g/mol. The maximum absolute atomic E-state index is 12.2. The number of aryl methyl sites for hydroxylation is 1. The molecule has 2 aromatic carbocycles. The number of benzene rings is 2. The molecule has 3 aromatic rings. The summed E-state index contributed by atoms with van der Waals surface area (Å²) in [6.45, 7) is 1.72. The summed E-state index contributed by atoms with van der Waals surface area (Å²) in [5.74, 6) is -2.81. The number of anilines is 1. The minimum atomic E-state index is -1.29. The van der Waals surface area contributed by atoms with E-state index in [1.54, 1.807) is 0 Å². The van der Waals surface area contributed by atoms with Gasteiger partial charge < -0.3 is 20.8 Å². The third kappa shape index (κ3) is 5.75. The molecule has 1 amide bonds. The molecule has 4 N–H and O–H groups in total. The van der Waals surface area contributed by atoms with Gasteiger partial charge in [-0.25, -0.2) is 14.8 Å². The highest BCUT2D eigenvalue weighted by molar-refractivity contribution is 5.94. The third-order valence-electron chi connectivity index (χ3n) is 4.59. The van der Waals surface area contributed by atoms with Crippen LogP contribution in [0.4, 0.5) is 5.95 Å². The number of fused-ring (bicyclic) bond motifs is 1. The molecule has 9 nitrogen and oxygen atoms in total. The molecule has 1 unspecified atom stereocenters. The van der Waals surface area contributed by atoms with Gasteiger partial charge in [0.25, 0.3) is 0 Å². The summed E-state index contributed by atoms with van der Waals surface area (Å²) in [5, 5.41) is 23.9. The molecule has 0 saturated heterocycles. The number of carboxylic acids is 2. The normalized spacial score (nSPS) is 11.6. The van der Waals surface area contributed by atoms with E-state index in [0.717, 1.165) is 16.5 Å². The molecule has 1 aromatic heterocycles. The van der Waals surface area contributed by atoms with Gasteiger partial charge in [0.1, 0.15) is 6.04 Å². The van der Waals surface area contributed by atoms with Crippen LogP contribution in [0.1, 0.15) is 18.4 Å². The van der Waals surface area contributed by atoms with E-state index in [1.165, 1.54) is 0 Å². The van der Waals surface area contributed by atoms with Crippen molar-refractivity contribution in [3.8, 4) is 11.3 Å². The number of nitrogens with zero attached hydrogens (tertiary/aromatic N) is 2. The molecule has 1 atom stereocenters. The van der Waals surface area contributed by atoms with Crippen LogP contribution < -0.4 is 10.6 Å². The van der Waals surface area contributed by atoms with Crippen LogP contribution >= 0.6 is 0 Å². The Bertz CT molecular complexity index is 1120. The minimum absolute atomic E-state index is 0.208. The number of aromatic nitrogens is 2. The molecule has 0 spiro atoms. The van der Waals surface area contributed by atoms with Crippen molar-refractivity contribution in [3.63, 3.8) is 0 Å². The van der Waals surface area contributed by atoms with Crippen LogP contribution in [0.2, 0.25) is 0 Å². The molecule has 0 radical (unpaired) electrons. The van der Waals surface area contributed by atoms with Gasteiger partial charge >= 0.3 is 11.9 Å². The summed E-state index contributed by atoms with van der Waals surface area (Å²) >= 11 is 0. The number of aliphatic carboxylic acids is 2. The molecule has 160 valence electrons. The first kappa shape index (κ1) is 21.7. The fourth-order valence-corrected chi connectivity index (χ4v) is 3.07. The van der Waals surface area contributed by atoms with Crippen molar-refractivity contribution >= 4 is 34.7 Å². The van der Waals surface area contributed by atoms with Gasteiger partial charge in [0, 0.05) is 17.4 Å². The lowest BCUT2D eigenvalue weighted by molar-refractivity contribution is -0.142. The van der Waals surface area contributed by atoms with Gasteiger partial charge in [-0.15, -0.1) is 0 Å². The molecule has 1 heterocycles. The van der Waals surface area contributed by atoms with Crippen LogP contribution in [0.25, 0.3) is 22.2 Å². The number of hydrogen-bond donors (Lipinski definition) is 4. The predicted molar refractivity (Wildman–Crippen MR) is 115 cm³/mol. The minimum Gasteiger partial charge on any atom is -0.481 e. The Balaban J connectivity index is 1.79. The maximum Gasteiger partial charge on any atom is 0.326 e. The standard InChI is InChI=1S/C22H22N4O5/c1-13-7-8-16-15(11-13)20(14-5-3-2-4-6-14)26-22(25-16)23-12-18(27)24-17(21(30)31)9-10-19(28)29/h2-8,11,17H,9-10,12H2,1H3,(H,24,27)(H,28,29)(H,30,31)(H,23,25,26). The van der Waals surface area contributed by atoms with E-state index in [1.807, 2.05) is 55.5 Å². The van der Waals surface area contributed by atoms with Crippen LogP contribution in [0, 0.1) is 6.92 Å². The fraction of sp³-hybridized carbons (Fsp3) is 0.227. The Morgan fingerprint density at radius 3 is 2.45 bits per heavy atom. The number of nitrogens with one attached hydrogen (secondary N) is 2. The number of hydrogen-bond acceptors (Lipinski definition) is 6. The summed E-state index contributed by atoms with van der Waals surface area (Å²) < 4.78 is 0. The molecule has 0 aliphatic heterocycles. The van der Waals surface area contributed by atoms with Crippen molar-refractivity contribution in [1.82, 2.24) is 15.3 Å². The first-order chi connectivity index (χ1) is 14.8. The highest BCUT2D eigenvalue weighted by Gasteiger charge is 2.21. The van der Waals surface area contributed by atoms with Crippen LogP contribution in [0.5, 0.6) is 0 Å². The van der Waals surface area contributed by atoms with Gasteiger partial charge in [-0.1, -0.05) is 42.0 Å². The molecule has 0 aliphatic rings. The summed E-state index contributed by atoms with van der Waals surface area (Å²) in [7, 11) is 0. The number of amides is 1. The maximum atomic E-state index is 12.2. The van der Waals surface area contributed by atoms with Crippen LogP contribution in [0.3, 0.4) is 0 Å². The molecular weight excluding hydrogens is 400 g/mol. The number of carbonyl (C=O) groups is 3. The topological polar surface area (TPSA) is 142 Å². The summed E-state index contributed by atoms with van der Waals surface area (Å²) in [6, 6.07) is 14.1. The van der Waals surface area contributed by atoms with Crippen molar-refractivity contribution in [2.75, 3.05) is 11.9 Å². The van der Waals surface area contributed by atoms with E-state index in [9.17, 15) is 19.5 Å². The Hall–Kier alpha value is -4.01. The molecule has 0 fully saturated rings. The van der Waals surface area contributed by atoms with E-state index >= 15 is 0 Å². The van der Waals surface area contributed by atoms with Crippen LogP contribution in [-0.2, 0) is 14.4 Å². The molecule has 31 heavy (non-hydrogen) atoms. The highest BCUT2D eigenvalue weighted by Crippen LogP contribution is 2.27. The van der Waals surface area contributed by atoms with Gasteiger partial charge in [-0.05, 0) is 25.5 Å². The lowest BCUT2D eigenvalue weighted by Crippen LogP contribution is -2.43. The SMILES string of the molecule is Cc1ccc2nc(NCC(=O)NC(CCC(=O)O)C(=O)O)nc(-c3ccccc3)c2c1. The molecule has 0 bridgehead atoms. The number of carbonyl (C=O) groups excluding carboxylic acids is 1. The van der Waals surface area contributed by atoms with Gasteiger partial charge in [0.15, 0.2) is 0 Å². The fourth-order valence-electron chi connectivity index (χ4n) is 3.07. The van der Waals surface area contributed by atoms with Crippen molar-refractivity contribution in [3.05, 3.63) is 54.1 Å². The van der Waals surface area contributed by atoms with Gasteiger partial charge in [0.2, 0.25) is 11.9 Å². The van der Waals surface area contributed by atoms with E-state index in [2.05, 4.69) is 20.6 Å². The van der Waals surface area contributed by atoms with Crippen molar-refractivity contribution in [2.45, 2.75) is 25.8 Å². The first-order valence-electron chi connectivity index (χ1n) is 9.65. The number of carboxylic acid groups (broad SMARTS) is 2. The predicted octanol–water partition coefficient (Wildman–Crippen LogP) is 2.45. The Morgan fingerprint density at radius 2 is 1.77 bits per heavy atom. The Labute approximate surface area is 178 Å². The molecular formula is C22H22N4O5. The third-order valence-corrected chi connectivity index (χ3v) is 4.59. The van der Waals surface area contributed by atoms with E-state index in [4.69, 9.17) is 5.11 Å². The lowest BCUT2D eigenvalue weighted by atomic mass is 10.0. The van der Waals surface area contributed by atoms with Crippen molar-refractivity contribution in [2.24, 2.45) is 0 Å². The second kappa shape index (κ2) is 9.66. The molecule has 0 saturated carbocycles. The van der Waals surface area contributed by atoms with Crippen molar-refractivity contribution in [1.29, 1.82) is 0 Å². The second-order valence-corrected chi connectivity index (χ2v) is 7.03. The zero-order valence-electron chi connectivity index (χ0n) is 16.8. The molecule has 9 heteroatoms. The van der Waals surface area contributed by atoms with E-state index in [0.29, 0.717) is 11.2 Å². The van der Waals surface area contributed by atoms with Gasteiger partial charge in [0.05, 0.1) is 17.8 Å². The van der Waals surface area contributed by atoms with Crippen LogP contribution in [0.15, 0.2) is 48.5 Å². The molecule has 3 rings (SSSR count). The summed E-state index contributed by atoms with van der Waals surface area (Å²) in [4.78, 5) is 43.1. The van der Waals surface area contributed by atoms with E-state index in [-0.39, 0.29) is 25.3 Å².